The summed E-state index contributed by atoms with van der Waals surface area (Å²) >= 11 is 0. The van der Waals surface area contributed by atoms with E-state index in [0.717, 1.165) is 96.3 Å². The molecule has 0 aliphatic rings. The predicted molar refractivity (Wildman–Crippen MR) is 297 cm³/mol. The zero-order valence-electron chi connectivity index (χ0n) is 44.8. The topological polar surface area (TPSA) is 78.9 Å². The molecule has 0 unspecified atom stereocenters. The highest BCUT2D eigenvalue weighted by Gasteiger charge is 2.19. The maximum atomic E-state index is 12.9. The molecule has 0 heterocycles. The van der Waals surface area contributed by atoms with Crippen LogP contribution in [0.25, 0.3) is 0 Å². The highest BCUT2D eigenvalue weighted by molar-refractivity contribution is 5.71. The normalized spacial score (nSPS) is 12.9. The van der Waals surface area contributed by atoms with Crippen LogP contribution in [-0.2, 0) is 28.6 Å². The molecule has 0 saturated carbocycles. The van der Waals surface area contributed by atoms with E-state index in [9.17, 15) is 14.4 Å². The van der Waals surface area contributed by atoms with Gasteiger partial charge in [0.25, 0.3) is 0 Å². The first-order valence-corrected chi connectivity index (χ1v) is 28.4. The van der Waals surface area contributed by atoms with Gasteiger partial charge in [-0.05, 0) is 116 Å². The highest BCUT2D eigenvalue weighted by atomic mass is 16.6. The van der Waals surface area contributed by atoms with Crippen molar-refractivity contribution < 1.29 is 28.6 Å². The number of esters is 3. The third-order valence-electron chi connectivity index (χ3n) is 11.7. The van der Waals surface area contributed by atoms with Crippen molar-refractivity contribution >= 4 is 17.9 Å². The largest absolute Gasteiger partial charge is 0.462 e. The SMILES string of the molecule is CC/C=C\C/C=C\C/C=C\C/C=C\C/C=C\C/C=C\CCC(=O)OC[C@@H](COC(=O)CCCCCCC/C=C\CCCCCC)OC(=O)CCCCCCCCCCC/C=C\C/C=C\CCCCC. The van der Waals surface area contributed by atoms with Crippen LogP contribution in [0.3, 0.4) is 0 Å². The number of unbranched alkanes of at least 4 members (excludes halogenated alkanes) is 21. The molecular weight excluding hydrogens is 853 g/mol. The summed E-state index contributed by atoms with van der Waals surface area (Å²) < 4.78 is 16.8. The molecule has 0 amide bonds. The number of allylic oxidation sites excluding steroid dienone is 18. The van der Waals surface area contributed by atoms with Crippen molar-refractivity contribution in [2.75, 3.05) is 13.2 Å². The van der Waals surface area contributed by atoms with Crippen molar-refractivity contribution in [3.8, 4) is 0 Å². The minimum Gasteiger partial charge on any atom is -0.462 e. The van der Waals surface area contributed by atoms with E-state index < -0.39 is 6.10 Å². The molecule has 0 N–H and O–H groups in total. The summed E-state index contributed by atoms with van der Waals surface area (Å²) in [5, 5.41) is 0. The Bertz CT molecular complexity index is 1420. The Morgan fingerprint density at radius 3 is 1.01 bits per heavy atom. The maximum Gasteiger partial charge on any atom is 0.306 e. The molecule has 392 valence electrons. The lowest BCUT2D eigenvalue weighted by Gasteiger charge is -2.18. The Morgan fingerprint density at radius 2 is 0.594 bits per heavy atom. The average Bonchev–Trinajstić information content (AvgIpc) is 3.35. The molecule has 0 saturated heterocycles. The zero-order valence-corrected chi connectivity index (χ0v) is 44.8. The van der Waals surface area contributed by atoms with Gasteiger partial charge in [-0.1, -0.05) is 226 Å². The molecule has 0 fully saturated rings. The van der Waals surface area contributed by atoms with Crippen LogP contribution in [0.5, 0.6) is 0 Å². The van der Waals surface area contributed by atoms with Gasteiger partial charge in [-0.2, -0.15) is 0 Å². The van der Waals surface area contributed by atoms with E-state index in [1.165, 1.54) is 109 Å². The van der Waals surface area contributed by atoms with Gasteiger partial charge in [-0.15, -0.1) is 0 Å². The summed E-state index contributed by atoms with van der Waals surface area (Å²) in [6.45, 7) is 6.41. The summed E-state index contributed by atoms with van der Waals surface area (Å²) in [5.41, 5.74) is 0. The maximum absolute atomic E-state index is 12.9. The highest BCUT2D eigenvalue weighted by Crippen LogP contribution is 2.14. The van der Waals surface area contributed by atoms with Crippen LogP contribution in [-0.4, -0.2) is 37.2 Å². The summed E-state index contributed by atoms with van der Waals surface area (Å²) in [6, 6.07) is 0. The van der Waals surface area contributed by atoms with Crippen molar-refractivity contribution in [2.24, 2.45) is 0 Å². The molecule has 0 bridgehead atoms. The van der Waals surface area contributed by atoms with E-state index in [-0.39, 0.29) is 37.5 Å². The first kappa shape index (κ1) is 65.1. The Balaban J connectivity index is 4.51. The fourth-order valence-electron chi connectivity index (χ4n) is 7.49. The van der Waals surface area contributed by atoms with Crippen molar-refractivity contribution in [1.82, 2.24) is 0 Å². The van der Waals surface area contributed by atoms with Crippen LogP contribution in [0.1, 0.15) is 252 Å². The zero-order chi connectivity index (χ0) is 50.0. The minimum atomic E-state index is -0.816. The molecule has 69 heavy (non-hydrogen) atoms. The van der Waals surface area contributed by atoms with Crippen LogP contribution < -0.4 is 0 Å². The number of hydrogen-bond donors (Lipinski definition) is 0. The van der Waals surface area contributed by atoms with Crippen molar-refractivity contribution in [3.05, 3.63) is 109 Å². The van der Waals surface area contributed by atoms with Crippen LogP contribution in [0.2, 0.25) is 0 Å². The van der Waals surface area contributed by atoms with Gasteiger partial charge in [0.15, 0.2) is 6.10 Å². The summed E-state index contributed by atoms with van der Waals surface area (Å²) in [7, 11) is 0. The summed E-state index contributed by atoms with van der Waals surface area (Å²) in [6.07, 6.45) is 76.6. The van der Waals surface area contributed by atoms with Gasteiger partial charge in [0, 0.05) is 19.3 Å². The van der Waals surface area contributed by atoms with E-state index in [1.807, 2.05) is 6.08 Å². The van der Waals surface area contributed by atoms with E-state index in [2.05, 4.69) is 124 Å². The molecule has 0 radical (unpaired) electrons. The average molecular weight is 958 g/mol. The molecular formula is C63H104O6. The van der Waals surface area contributed by atoms with Gasteiger partial charge >= 0.3 is 17.9 Å². The molecule has 0 aromatic heterocycles. The lowest BCUT2D eigenvalue weighted by atomic mass is 10.1. The molecule has 0 aliphatic heterocycles. The molecule has 0 spiro atoms. The molecule has 0 aliphatic carbocycles. The number of rotatable bonds is 50. The quantitative estimate of drug-likeness (QED) is 0.0262. The Hall–Kier alpha value is -3.93. The molecule has 0 aromatic carbocycles. The van der Waals surface area contributed by atoms with E-state index in [1.54, 1.807) is 0 Å². The smallest absolute Gasteiger partial charge is 0.306 e. The second-order valence-electron chi connectivity index (χ2n) is 18.5. The van der Waals surface area contributed by atoms with Gasteiger partial charge in [0.2, 0.25) is 0 Å². The van der Waals surface area contributed by atoms with E-state index in [0.29, 0.717) is 19.3 Å². The Morgan fingerprint density at radius 1 is 0.304 bits per heavy atom. The lowest BCUT2D eigenvalue weighted by Crippen LogP contribution is -2.30. The third kappa shape index (κ3) is 54.9. The van der Waals surface area contributed by atoms with Gasteiger partial charge in [-0.3, -0.25) is 14.4 Å². The first-order valence-electron chi connectivity index (χ1n) is 28.4. The predicted octanol–water partition coefficient (Wildman–Crippen LogP) is 19.1. The van der Waals surface area contributed by atoms with Crippen LogP contribution in [0.15, 0.2) is 109 Å². The fourth-order valence-corrected chi connectivity index (χ4v) is 7.49. The fraction of sp³-hybridized carbons (Fsp3) is 0.667. The van der Waals surface area contributed by atoms with Gasteiger partial charge in [0.1, 0.15) is 13.2 Å². The molecule has 6 nitrogen and oxygen atoms in total. The summed E-state index contributed by atoms with van der Waals surface area (Å²) in [5.74, 6) is -1.01. The van der Waals surface area contributed by atoms with Crippen LogP contribution >= 0.6 is 0 Å². The Kier molecular flexibility index (Phi) is 53.4. The van der Waals surface area contributed by atoms with Gasteiger partial charge < -0.3 is 14.2 Å². The van der Waals surface area contributed by atoms with Gasteiger partial charge in [0.05, 0.1) is 0 Å². The number of carbonyl (C=O) groups is 3. The second-order valence-corrected chi connectivity index (χ2v) is 18.5. The third-order valence-corrected chi connectivity index (χ3v) is 11.7. The van der Waals surface area contributed by atoms with Crippen molar-refractivity contribution in [2.45, 2.75) is 258 Å². The second kappa shape index (κ2) is 56.7. The molecule has 0 rings (SSSR count). The van der Waals surface area contributed by atoms with E-state index in [4.69, 9.17) is 14.2 Å². The number of carbonyl (C=O) groups excluding carboxylic acids is 3. The van der Waals surface area contributed by atoms with Gasteiger partial charge in [-0.25, -0.2) is 0 Å². The lowest BCUT2D eigenvalue weighted by molar-refractivity contribution is -0.166. The summed E-state index contributed by atoms with van der Waals surface area (Å²) in [4.78, 5) is 38.1. The number of hydrogen-bond acceptors (Lipinski definition) is 6. The van der Waals surface area contributed by atoms with Crippen LogP contribution in [0.4, 0.5) is 0 Å². The molecule has 0 aromatic rings. The Labute approximate surface area is 425 Å². The first-order chi connectivity index (χ1) is 34.0. The van der Waals surface area contributed by atoms with Crippen molar-refractivity contribution in [3.63, 3.8) is 0 Å². The minimum absolute atomic E-state index is 0.109. The van der Waals surface area contributed by atoms with Crippen molar-refractivity contribution in [1.29, 1.82) is 0 Å². The van der Waals surface area contributed by atoms with Crippen LogP contribution in [0, 0.1) is 0 Å². The monoisotopic (exact) mass is 957 g/mol. The number of ether oxygens (including phenoxy) is 3. The van der Waals surface area contributed by atoms with E-state index >= 15 is 0 Å². The standard InChI is InChI=1S/C63H104O6/c1-4-7-10-13-16-19-22-25-27-29-31-33-35-38-41-44-47-50-53-56-62(65)68-59-60(58-67-61(64)55-52-49-46-43-40-37-24-21-18-15-12-9-6-3)69-63(66)57-54-51-48-45-42-39-36-34-32-30-28-26-23-20-17-14-11-8-5-2/h7,10,16-17,19-21,24-28,31,33,38,41,47,50,60H,4-6,8-9,11-15,18,22-23,29-30,32,34-37,39-40,42-46,48-49,51-59H2,1-3H3/b10-7-,19-16-,20-17-,24-21-,27-25-,28-26-,33-31-,41-38-,50-47-/t60-/m1/s1. The molecule has 6 heteroatoms. The molecule has 1 atom stereocenters.